The molecule has 122 valence electrons. The smallest absolute Gasteiger partial charge is 0.295 e. The summed E-state index contributed by atoms with van der Waals surface area (Å²) in [5.41, 5.74) is 1.36. The maximum atomic E-state index is 12.3. The number of hydrogen-bond donors (Lipinski definition) is 1. The molecule has 0 atom stereocenters. The largest absolute Gasteiger partial charge is 0.497 e. The monoisotopic (exact) mass is 324 g/mol. The molecule has 0 radical (unpaired) electrons. The number of amides is 1. The van der Waals surface area contributed by atoms with Gasteiger partial charge in [0.25, 0.3) is 5.91 Å². The molecule has 0 aliphatic carbocycles. The van der Waals surface area contributed by atoms with Gasteiger partial charge >= 0.3 is 0 Å². The minimum atomic E-state index is -0.417. The van der Waals surface area contributed by atoms with E-state index in [-0.39, 0.29) is 5.82 Å². The first-order valence-corrected chi connectivity index (χ1v) is 7.21. The first kappa shape index (κ1) is 15.5. The molecule has 0 bridgehead atoms. The Morgan fingerprint density at radius 2 is 1.71 bits per heavy atom. The van der Waals surface area contributed by atoms with E-state index in [1.807, 2.05) is 30.3 Å². The molecule has 7 nitrogen and oxygen atoms in total. The van der Waals surface area contributed by atoms with Crippen LogP contribution in [-0.4, -0.2) is 34.9 Å². The summed E-state index contributed by atoms with van der Waals surface area (Å²) in [5, 5.41) is 6.93. The van der Waals surface area contributed by atoms with Crippen LogP contribution in [0.5, 0.6) is 11.5 Å². The van der Waals surface area contributed by atoms with Gasteiger partial charge in [-0.1, -0.05) is 18.2 Å². The number of carbonyl (C=O) groups is 1. The number of hydrogen-bond acceptors (Lipinski definition) is 5. The number of anilines is 1. The van der Waals surface area contributed by atoms with Crippen LogP contribution in [0.25, 0.3) is 5.69 Å². The number of benzene rings is 2. The standard InChI is InChI=1S/C17H16N4O3/c1-23-14-8-12(9-15(10-14)24-2)19-17(22)16-18-11-21(20-16)13-6-4-3-5-7-13/h3-11H,1-2H3,(H,19,22). The third kappa shape index (κ3) is 3.35. The molecule has 1 N–H and O–H groups in total. The fourth-order valence-electron chi connectivity index (χ4n) is 2.14. The van der Waals surface area contributed by atoms with Crippen LogP contribution in [0.1, 0.15) is 10.6 Å². The zero-order chi connectivity index (χ0) is 16.9. The van der Waals surface area contributed by atoms with Crippen molar-refractivity contribution in [2.45, 2.75) is 0 Å². The number of aromatic nitrogens is 3. The van der Waals surface area contributed by atoms with Gasteiger partial charge in [-0.25, -0.2) is 9.67 Å². The fraction of sp³-hybridized carbons (Fsp3) is 0.118. The minimum absolute atomic E-state index is 0.0700. The quantitative estimate of drug-likeness (QED) is 0.780. The highest BCUT2D eigenvalue weighted by atomic mass is 16.5. The number of nitrogens with one attached hydrogen (secondary N) is 1. The van der Waals surface area contributed by atoms with E-state index in [0.717, 1.165) is 5.69 Å². The van der Waals surface area contributed by atoms with Gasteiger partial charge in [-0.3, -0.25) is 4.79 Å². The van der Waals surface area contributed by atoms with E-state index in [0.29, 0.717) is 17.2 Å². The van der Waals surface area contributed by atoms with Crippen molar-refractivity contribution in [1.82, 2.24) is 14.8 Å². The molecular weight excluding hydrogens is 308 g/mol. The van der Waals surface area contributed by atoms with Crippen LogP contribution in [-0.2, 0) is 0 Å². The Labute approximate surface area is 138 Å². The van der Waals surface area contributed by atoms with Crippen LogP contribution in [0.4, 0.5) is 5.69 Å². The molecule has 24 heavy (non-hydrogen) atoms. The van der Waals surface area contributed by atoms with Crippen LogP contribution in [0.2, 0.25) is 0 Å². The van der Waals surface area contributed by atoms with Crippen molar-refractivity contribution in [3.63, 3.8) is 0 Å². The third-order valence-corrected chi connectivity index (χ3v) is 3.32. The minimum Gasteiger partial charge on any atom is -0.497 e. The molecule has 3 rings (SSSR count). The molecule has 1 aromatic heterocycles. The van der Waals surface area contributed by atoms with Gasteiger partial charge in [-0.2, -0.15) is 0 Å². The molecule has 0 aliphatic rings. The number of para-hydroxylation sites is 1. The van der Waals surface area contributed by atoms with Crippen LogP contribution in [0.3, 0.4) is 0 Å². The summed E-state index contributed by atoms with van der Waals surface area (Å²) < 4.78 is 11.9. The van der Waals surface area contributed by atoms with Crippen LogP contribution < -0.4 is 14.8 Å². The van der Waals surface area contributed by atoms with Crippen molar-refractivity contribution in [3.05, 3.63) is 60.7 Å². The van der Waals surface area contributed by atoms with Crippen molar-refractivity contribution in [3.8, 4) is 17.2 Å². The van der Waals surface area contributed by atoms with E-state index in [9.17, 15) is 4.79 Å². The van der Waals surface area contributed by atoms with Crippen molar-refractivity contribution < 1.29 is 14.3 Å². The summed E-state index contributed by atoms with van der Waals surface area (Å²) in [6.45, 7) is 0. The zero-order valence-electron chi connectivity index (χ0n) is 13.3. The van der Waals surface area contributed by atoms with Gasteiger partial charge < -0.3 is 14.8 Å². The molecule has 0 saturated heterocycles. The highest BCUT2D eigenvalue weighted by Gasteiger charge is 2.13. The summed E-state index contributed by atoms with van der Waals surface area (Å²) >= 11 is 0. The number of nitrogens with zero attached hydrogens (tertiary/aromatic N) is 3. The Bertz CT molecular complexity index is 824. The van der Waals surface area contributed by atoms with E-state index < -0.39 is 5.91 Å². The highest BCUT2D eigenvalue weighted by Crippen LogP contribution is 2.25. The topological polar surface area (TPSA) is 78.3 Å². The van der Waals surface area contributed by atoms with Crippen LogP contribution >= 0.6 is 0 Å². The van der Waals surface area contributed by atoms with Gasteiger partial charge in [0.05, 0.1) is 19.9 Å². The number of methoxy groups -OCH3 is 2. The van der Waals surface area contributed by atoms with Gasteiger partial charge in [-0.15, -0.1) is 5.10 Å². The van der Waals surface area contributed by atoms with E-state index in [1.54, 1.807) is 37.1 Å². The fourth-order valence-corrected chi connectivity index (χ4v) is 2.14. The first-order chi connectivity index (χ1) is 11.7. The average Bonchev–Trinajstić information content (AvgIpc) is 3.12. The van der Waals surface area contributed by atoms with Crippen molar-refractivity contribution in [2.75, 3.05) is 19.5 Å². The summed E-state index contributed by atoms with van der Waals surface area (Å²) in [5.74, 6) is 0.806. The first-order valence-electron chi connectivity index (χ1n) is 7.21. The van der Waals surface area contributed by atoms with Gasteiger partial charge in [0.1, 0.15) is 17.8 Å². The maximum Gasteiger partial charge on any atom is 0.295 e. The molecular formula is C17H16N4O3. The van der Waals surface area contributed by atoms with Gasteiger partial charge in [0.15, 0.2) is 0 Å². The van der Waals surface area contributed by atoms with Gasteiger partial charge in [-0.05, 0) is 12.1 Å². The molecule has 0 unspecified atom stereocenters. The summed E-state index contributed by atoms with van der Waals surface area (Å²) in [7, 11) is 3.09. The summed E-state index contributed by atoms with van der Waals surface area (Å²) in [6.07, 6.45) is 1.50. The number of rotatable bonds is 5. The second-order valence-electron chi connectivity index (χ2n) is 4.90. The Kier molecular flexibility index (Phi) is 4.42. The lowest BCUT2D eigenvalue weighted by Crippen LogP contribution is -2.14. The van der Waals surface area contributed by atoms with Gasteiger partial charge in [0, 0.05) is 23.9 Å². The van der Waals surface area contributed by atoms with Gasteiger partial charge in [0.2, 0.25) is 5.82 Å². The molecule has 0 saturated carbocycles. The molecule has 1 amide bonds. The second kappa shape index (κ2) is 6.82. The lowest BCUT2D eigenvalue weighted by molar-refractivity contribution is 0.101. The van der Waals surface area contributed by atoms with Crippen LogP contribution in [0.15, 0.2) is 54.9 Å². The average molecular weight is 324 g/mol. The van der Waals surface area contributed by atoms with E-state index >= 15 is 0 Å². The van der Waals surface area contributed by atoms with E-state index in [4.69, 9.17) is 9.47 Å². The van der Waals surface area contributed by atoms with Crippen molar-refractivity contribution >= 4 is 11.6 Å². The highest BCUT2D eigenvalue weighted by molar-refractivity contribution is 6.01. The molecule has 0 aliphatic heterocycles. The predicted octanol–water partition coefficient (Wildman–Crippen LogP) is 2.54. The normalized spacial score (nSPS) is 10.2. The van der Waals surface area contributed by atoms with Crippen LogP contribution in [0, 0.1) is 0 Å². The van der Waals surface area contributed by atoms with Crippen molar-refractivity contribution in [1.29, 1.82) is 0 Å². The van der Waals surface area contributed by atoms with E-state index in [1.165, 1.54) is 6.33 Å². The Hall–Kier alpha value is -3.35. The predicted molar refractivity (Wildman–Crippen MR) is 88.9 cm³/mol. The Balaban J connectivity index is 1.80. The molecule has 7 heteroatoms. The third-order valence-electron chi connectivity index (χ3n) is 3.32. The van der Waals surface area contributed by atoms with E-state index in [2.05, 4.69) is 15.4 Å². The summed E-state index contributed by atoms with van der Waals surface area (Å²) in [6, 6.07) is 14.5. The Morgan fingerprint density at radius 1 is 1.04 bits per heavy atom. The maximum absolute atomic E-state index is 12.3. The van der Waals surface area contributed by atoms with Crippen molar-refractivity contribution in [2.24, 2.45) is 0 Å². The zero-order valence-corrected chi connectivity index (χ0v) is 13.3. The lowest BCUT2D eigenvalue weighted by Gasteiger charge is -2.08. The summed E-state index contributed by atoms with van der Waals surface area (Å²) in [4.78, 5) is 16.4. The SMILES string of the molecule is COc1cc(NC(=O)c2ncn(-c3ccccc3)n2)cc(OC)c1. The molecule has 3 aromatic rings. The number of ether oxygens (including phenoxy) is 2. The Morgan fingerprint density at radius 3 is 2.33 bits per heavy atom. The second-order valence-corrected chi connectivity index (χ2v) is 4.90. The molecule has 0 fully saturated rings. The molecule has 0 spiro atoms. The molecule has 1 heterocycles. The molecule has 2 aromatic carbocycles. The lowest BCUT2D eigenvalue weighted by atomic mass is 10.2. The number of carbonyl (C=O) groups excluding carboxylic acids is 1.